The fraction of sp³-hybridized carbons (Fsp3) is 0.500. The first-order valence-electron chi connectivity index (χ1n) is 12.3. The number of hydrogen-bond acceptors (Lipinski definition) is 8. The lowest BCUT2D eigenvalue weighted by atomic mass is 10.1. The Morgan fingerprint density at radius 3 is 2.58 bits per heavy atom. The van der Waals surface area contributed by atoms with Crippen molar-refractivity contribution in [3.05, 3.63) is 53.4 Å². The van der Waals surface area contributed by atoms with Crippen LogP contribution in [0.15, 0.2) is 30.6 Å². The van der Waals surface area contributed by atoms with E-state index in [1.165, 1.54) is 21.8 Å². The predicted octanol–water partition coefficient (Wildman–Crippen LogP) is 2.92. The van der Waals surface area contributed by atoms with Crippen LogP contribution in [0.5, 0.6) is 5.75 Å². The van der Waals surface area contributed by atoms with Gasteiger partial charge in [0.2, 0.25) is 0 Å². The summed E-state index contributed by atoms with van der Waals surface area (Å²) < 4.78 is 84.8. The number of benzene rings is 1. The predicted molar refractivity (Wildman–Crippen MR) is 125 cm³/mol. The fourth-order valence-corrected chi connectivity index (χ4v) is 4.07. The summed E-state index contributed by atoms with van der Waals surface area (Å²) in [7, 11) is 0. The normalized spacial score (nSPS) is 15.2. The second-order valence-electron chi connectivity index (χ2n) is 9.42. The molecule has 3 aromatic rings. The highest BCUT2D eigenvalue weighted by molar-refractivity contribution is 5.93. The van der Waals surface area contributed by atoms with Crippen LogP contribution < -0.4 is 4.74 Å². The Hall–Kier alpha value is -3.82. The van der Waals surface area contributed by atoms with Crippen molar-refractivity contribution in [3.63, 3.8) is 0 Å². The van der Waals surface area contributed by atoms with E-state index in [9.17, 15) is 35.9 Å². The summed E-state index contributed by atoms with van der Waals surface area (Å²) in [5, 5.41) is 15.2. The summed E-state index contributed by atoms with van der Waals surface area (Å²) in [6, 6.07) is 2.53. The SMILES string of the molecule is O=C(Cc1cn(CC(F)CCn2cc(C(=O)CCc3cc(OC(F)(F)F)ccc3F)nn2)nn1)CN1CC(F)C1. The maximum atomic E-state index is 14.5. The van der Waals surface area contributed by atoms with Crippen LogP contribution in [0.3, 0.4) is 0 Å². The van der Waals surface area contributed by atoms with Gasteiger partial charge in [0, 0.05) is 38.7 Å². The van der Waals surface area contributed by atoms with Crippen LogP contribution in [-0.2, 0) is 30.7 Å². The molecule has 1 unspecified atom stereocenters. The number of carbonyl (C=O) groups is 2. The molecular formula is C24H25F6N7O3. The molecule has 1 aliphatic rings. The Morgan fingerprint density at radius 2 is 1.85 bits per heavy atom. The monoisotopic (exact) mass is 573 g/mol. The van der Waals surface area contributed by atoms with E-state index < -0.39 is 36.1 Å². The fourth-order valence-electron chi connectivity index (χ4n) is 4.07. The lowest BCUT2D eigenvalue weighted by molar-refractivity contribution is -0.274. The number of ketones is 2. The summed E-state index contributed by atoms with van der Waals surface area (Å²) in [5.74, 6) is -2.04. The van der Waals surface area contributed by atoms with Gasteiger partial charge in [0.25, 0.3) is 0 Å². The van der Waals surface area contributed by atoms with Crippen LogP contribution >= 0.6 is 0 Å². The van der Waals surface area contributed by atoms with E-state index in [1.54, 1.807) is 4.90 Å². The number of alkyl halides is 5. The summed E-state index contributed by atoms with van der Waals surface area (Å²) >= 11 is 0. The van der Waals surface area contributed by atoms with Crippen molar-refractivity contribution in [2.45, 2.75) is 57.5 Å². The average Bonchev–Trinajstić information content (AvgIpc) is 3.50. The highest BCUT2D eigenvalue weighted by atomic mass is 19.4. The first-order valence-corrected chi connectivity index (χ1v) is 12.3. The van der Waals surface area contributed by atoms with Crippen LogP contribution in [0.1, 0.15) is 34.6 Å². The second kappa shape index (κ2) is 12.6. The number of likely N-dealkylation sites (tertiary alicyclic amines) is 1. The van der Waals surface area contributed by atoms with Crippen molar-refractivity contribution in [1.29, 1.82) is 0 Å². The molecular weight excluding hydrogens is 548 g/mol. The molecule has 0 aliphatic carbocycles. The summed E-state index contributed by atoms with van der Waals surface area (Å²) in [6.07, 6.45) is -4.84. The molecule has 0 N–H and O–H groups in total. The number of nitrogens with zero attached hydrogens (tertiary/aromatic N) is 7. The number of halogens is 6. The Bertz CT molecular complexity index is 1320. The quantitative estimate of drug-likeness (QED) is 0.214. The van der Waals surface area contributed by atoms with Gasteiger partial charge in [0.15, 0.2) is 11.6 Å². The zero-order valence-corrected chi connectivity index (χ0v) is 21.0. The molecule has 4 rings (SSSR count). The van der Waals surface area contributed by atoms with E-state index in [4.69, 9.17) is 0 Å². The van der Waals surface area contributed by atoms with Gasteiger partial charge in [0.1, 0.15) is 29.6 Å². The Labute approximate surface area is 223 Å². The molecule has 1 aromatic carbocycles. The van der Waals surface area contributed by atoms with Crippen LogP contribution in [0.4, 0.5) is 26.3 Å². The van der Waals surface area contributed by atoms with Gasteiger partial charge in [-0.05, 0) is 30.2 Å². The van der Waals surface area contributed by atoms with E-state index in [0.29, 0.717) is 5.69 Å². The second-order valence-corrected chi connectivity index (χ2v) is 9.42. The van der Waals surface area contributed by atoms with Gasteiger partial charge in [-0.1, -0.05) is 10.4 Å². The van der Waals surface area contributed by atoms with Crippen LogP contribution in [-0.4, -0.2) is 84.8 Å². The third-order valence-corrected chi connectivity index (χ3v) is 6.03. The van der Waals surface area contributed by atoms with Crippen molar-refractivity contribution in [2.24, 2.45) is 0 Å². The minimum absolute atomic E-state index is 0.00167. The van der Waals surface area contributed by atoms with Crippen LogP contribution in [0.25, 0.3) is 0 Å². The largest absolute Gasteiger partial charge is 0.573 e. The number of carbonyl (C=O) groups excluding carboxylic acids is 2. The molecule has 1 saturated heterocycles. The molecule has 0 spiro atoms. The van der Waals surface area contributed by atoms with Gasteiger partial charge >= 0.3 is 6.36 Å². The van der Waals surface area contributed by atoms with Gasteiger partial charge in [-0.3, -0.25) is 19.2 Å². The highest BCUT2D eigenvalue weighted by Crippen LogP contribution is 2.25. The molecule has 10 nitrogen and oxygen atoms in total. The van der Waals surface area contributed by atoms with E-state index >= 15 is 0 Å². The minimum atomic E-state index is -4.93. The Balaban J connectivity index is 1.20. The third kappa shape index (κ3) is 8.59. The maximum Gasteiger partial charge on any atom is 0.573 e. The van der Waals surface area contributed by atoms with E-state index in [0.717, 1.165) is 18.2 Å². The number of aryl methyl sites for hydroxylation is 2. The van der Waals surface area contributed by atoms with Crippen molar-refractivity contribution >= 4 is 11.6 Å². The van der Waals surface area contributed by atoms with Gasteiger partial charge < -0.3 is 4.74 Å². The molecule has 0 saturated carbocycles. The molecule has 3 heterocycles. The Morgan fingerprint density at radius 1 is 1.10 bits per heavy atom. The van der Waals surface area contributed by atoms with Gasteiger partial charge in [-0.15, -0.1) is 23.4 Å². The number of aromatic nitrogens is 6. The van der Waals surface area contributed by atoms with E-state index in [-0.39, 0.29) is 75.4 Å². The summed E-state index contributed by atoms with van der Waals surface area (Å²) in [4.78, 5) is 26.1. The molecule has 0 radical (unpaired) electrons. The van der Waals surface area contributed by atoms with Crippen molar-refractivity contribution in [2.75, 3.05) is 19.6 Å². The highest BCUT2D eigenvalue weighted by Gasteiger charge is 2.31. The third-order valence-electron chi connectivity index (χ3n) is 6.03. The maximum absolute atomic E-state index is 14.5. The number of rotatable bonds is 14. The average molecular weight is 573 g/mol. The molecule has 16 heteroatoms. The summed E-state index contributed by atoms with van der Waals surface area (Å²) in [5.41, 5.74) is 0.201. The molecule has 40 heavy (non-hydrogen) atoms. The Kier molecular flexibility index (Phi) is 9.17. The van der Waals surface area contributed by atoms with Crippen molar-refractivity contribution < 1.29 is 40.7 Å². The molecule has 216 valence electrons. The molecule has 2 aromatic heterocycles. The molecule has 1 fully saturated rings. The minimum Gasteiger partial charge on any atom is -0.406 e. The standard InChI is InChI=1S/C24H25F6N7O3/c25-16(11-37-12-18(31-33-37)8-19(38)13-35-9-17(26)10-35)5-6-36-14-22(32-34-36)23(39)4-1-15-7-20(2-3-21(15)27)40-24(28,29)30/h2-3,7,12,14,16-17H,1,4-6,8-11,13H2. The van der Waals surface area contributed by atoms with Crippen LogP contribution in [0.2, 0.25) is 0 Å². The lowest BCUT2D eigenvalue weighted by Crippen LogP contribution is -2.50. The zero-order chi connectivity index (χ0) is 28.9. The van der Waals surface area contributed by atoms with Gasteiger partial charge in [-0.25, -0.2) is 17.9 Å². The van der Waals surface area contributed by atoms with Gasteiger partial charge in [0.05, 0.1) is 31.4 Å². The van der Waals surface area contributed by atoms with E-state index in [2.05, 4.69) is 25.4 Å². The molecule has 1 atom stereocenters. The molecule has 1 aliphatic heterocycles. The molecule has 0 bridgehead atoms. The lowest BCUT2D eigenvalue weighted by Gasteiger charge is -2.33. The number of Topliss-reactive ketones (excluding diaryl/α,β-unsaturated/α-hetero) is 2. The zero-order valence-electron chi connectivity index (χ0n) is 21.0. The number of ether oxygens (including phenoxy) is 1. The summed E-state index contributed by atoms with van der Waals surface area (Å²) in [6.45, 7) is 0.560. The van der Waals surface area contributed by atoms with Crippen LogP contribution in [0, 0.1) is 5.82 Å². The first kappa shape index (κ1) is 29.2. The van der Waals surface area contributed by atoms with E-state index in [1.807, 2.05) is 0 Å². The first-order chi connectivity index (χ1) is 18.9. The topological polar surface area (TPSA) is 108 Å². The van der Waals surface area contributed by atoms with Crippen molar-refractivity contribution in [3.8, 4) is 5.75 Å². The smallest absolute Gasteiger partial charge is 0.406 e. The molecule has 0 amide bonds. The number of hydrogen-bond donors (Lipinski definition) is 0. The van der Waals surface area contributed by atoms with Gasteiger partial charge in [-0.2, -0.15) is 0 Å². The van der Waals surface area contributed by atoms with Crippen molar-refractivity contribution in [1.82, 2.24) is 34.9 Å².